The smallest absolute Gasteiger partial charge is 0.269 e. The Balaban J connectivity index is 1.64. The van der Waals surface area contributed by atoms with Gasteiger partial charge in [0.05, 0.1) is 9.95 Å². The van der Waals surface area contributed by atoms with Crippen LogP contribution in [0.4, 0.5) is 15.8 Å². The first kappa shape index (κ1) is 18.7. The molecule has 0 aromatic heterocycles. The summed E-state index contributed by atoms with van der Waals surface area (Å²) < 4.78 is 19.1. The van der Waals surface area contributed by atoms with E-state index in [1.165, 1.54) is 24.3 Å². The molecule has 0 aliphatic rings. The lowest BCUT2D eigenvalue weighted by molar-refractivity contribution is -0.384. The van der Waals surface area contributed by atoms with Crippen molar-refractivity contribution in [1.82, 2.24) is 0 Å². The molecule has 0 saturated carbocycles. The Morgan fingerprint density at radius 3 is 2.52 bits per heavy atom. The van der Waals surface area contributed by atoms with Crippen LogP contribution in [0.1, 0.15) is 11.1 Å². The molecule has 7 heteroatoms. The maximum absolute atomic E-state index is 13.2. The largest absolute Gasteiger partial charge is 0.489 e. The number of anilines is 1. The van der Waals surface area contributed by atoms with Crippen LogP contribution >= 0.6 is 11.6 Å². The van der Waals surface area contributed by atoms with Crippen molar-refractivity contribution in [3.8, 4) is 5.75 Å². The first-order valence-corrected chi connectivity index (χ1v) is 8.53. The Kier molecular flexibility index (Phi) is 5.88. The molecule has 1 N–H and O–H groups in total. The lowest BCUT2D eigenvalue weighted by Crippen LogP contribution is -2.04. The van der Waals surface area contributed by atoms with Crippen molar-refractivity contribution in [2.24, 2.45) is 0 Å². The Bertz CT molecular complexity index is 948. The molecular formula is C20H16ClFN2O3. The zero-order chi connectivity index (χ0) is 19.2. The number of nitrogens with one attached hydrogen (secondary N) is 1. The van der Waals surface area contributed by atoms with Gasteiger partial charge in [0.1, 0.15) is 18.2 Å². The maximum Gasteiger partial charge on any atom is 0.269 e. The number of hydrogen-bond donors (Lipinski definition) is 1. The van der Waals surface area contributed by atoms with Gasteiger partial charge in [0.2, 0.25) is 0 Å². The van der Waals surface area contributed by atoms with Crippen LogP contribution in [0, 0.1) is 15.9 Å². The summed E-state index contributed by atoms with van der Waals surface area (Å²) in [5, 5.41) is 13.9. The van der Waals surface area contributed by atoms with Gasteiger partial charge in [-0.25, -0.2) is 4.39 Å². The highest BCUT2D eigenvalue weighted by Gasteiger charge is 2.07. The molecule has 138 valence electrons. The maximum atomic E-state index is 13.2. The van der Waals surface area contributed by atoms with Crippen molar-refractivity contribution < 1.29 is 14.1 Å². The molecule has 0 radical (unpaired) electrons. The average Bonchev–Trinajstić information content (AvgIpc) is 2.68. The molecule has 0 atom stereocenters. The minimum Gasteiger partial charge on any atom is -0.489 e. The normalized spacial score (nSPS) is 10.4. The Hall–Kier alpha value is -3.12. The molecule has 0 unspecified atom stereocenters. The third kappa shape index (κ3) is 4.95. The summed E-state index contributed by atoms with van der Waals surface area (Å²) in [6.07, 6.45) is 0. The molecule has 3 aromatic carbocycles. The van der Waals surface area contributed by atoms with E-state index >= 15 is 0 Å². The van der Waals surface area contributed by atoms with Crippen LogP contribution in [0.3, 0.4) is 0 Å². The summed E-state index contributed by atoms with van der Waals surface area (Å²) in [7, 11) is 0. The summed E-state index contributed by atoms with van der Waals surface area (Å²) in [5.74, 6) is 0.227. The predicted molar refractivity (Wildman–Crippen MR) is 103 cm³/mol. The molecule has 27 heavy (non-hydrogen) atoms. The SMILES string of the molecule is O=[N+]([O-])c1ccc(COc2ccccc2CNc2ccc(F)c(Cl)c2)cc1. The van der Waals surface area contributed by atoms with E-state index in [0.717, 1.165) is 11.1 Å². The van der Waals surface area contributed by atoms with Crippen molar-refractivity contribution in [3.63, 3.8) is 0 Å². The number of rotatable bonds is 7. The van der Waals surface area contributed by atoms with Crippen LogP contribution in [-0.2, 0) is 13.2 Å². The third-order valence-electron chi connectivity index (χ3n) is 3.92. The summed E-state index contributed by atoms with van der Waals surface area (Å²) >= 11 is 5.79. The Morgan fingerprint density at radius 2 is 1.81 bits per heavy atom. The lowest BCUT2D eigenvalue weighted by atomic mass is 10.2. The lowest BCUT2D eigenvalue weighted by Gasteiger charge is -2.13. The predicted octanol–water partition coefficient (Wildman–Crippen LogP) is 5.58. The number of nitro benzene ring substituents is 1. The minimum absolute atomic E-state index is 0.0429. The van der Waals surface area contributed by atoms with Gasteiger partial charge in [-0.2, -0.15) is 0 Å². The van der Waals surface area contributed by atoms with Crippen LogP contribution in [0.2, 0.25) is 5.02 Å². The molecule has 0 saturated heterocycles. The van der Waals surface area contributed by atoms with Gasteiger partial charge in [-0.05, 0) is 42.0 Å². The second-order valence-electron chi connectivity index (χ2n) is 5.80. The van der Waals surface area contributed by atoms with Crippen molar-refractivity contribution >= 4 is 23.0 Å². The summed E-state index contributed by atoms with van der Waals surface area (Å²) in [6.45, 7) is 0.760. The number of non-ortho nitro benzene ring substituents is 1. The first-order valence-electron chi connectivity index (χ1n) is 8.16. The molecule has 0 bridgehead atoms. The summed E-state index contributed by atoms with van der Waals surface area (Å²) in [4.78, 5) is 10.3. The van der Waals surface area contributed by atoms with Gasteiger partial charge in [-0.1, -0.05) is 29.8 Å². The number of nitrogens with zero attached hydrogens (tertiary/aromatic N) is 1. The molecule has 0 aliphatic heterocycles. The second kappa shape index (κ2) is 8.51. The molecule has 0 fully saturated rings. The Labute approximate surface area is 160 Å². The highest BCUT2D eigenvalue weighted by molar-refractivity contribution is 6.31. The van der Waals surface area contributed by atoms with Crippen LogP contribution in [0.25, 0.3) is 0 Å². The van der Waals surface area contributed by atoms with Gasteiger partial charge in [-0.3, -0.25) is 10.1 Å². The van der Waals surface area contributed by atoms with E-state index in [9.17, 15) is 14.5 Å². The van der Waals surface area contributed by atoms with E-state index in [4.69, 9.17) is 16.3 Å². The molecule has 0 amide bonds. The van der Waals surface area contributed by atoms with Crippen LogP contribution < -0.4 is 10.1 Å². The molecule has 0 heterocycles. The van der Waals surface area contributed by atoms with Crippen LogP contribution in [-0.4, -0.2) is 4.92 Å². The average molecular weight is 387 g/mol. The van der Waals surface area contributed by atoms with Crippen LogP contribution in [0.5, 0.6) is 5.75 Å². The van der Waals surface area contributed by atoms with Crippen molar-refractivity contribution in [2.75, 3.05) is 5.32 Å². The molecule has 0 spiro atoms. The number of nitro groups is 1. The molecule has 5 nitrogen and oxygen atoms in total. The van der Waals surface area contributed by atoms with E-state index in [1.54, 1.807) is 18.2 Å². The number of halogens is 2. The standard InChI is InChI=1S/C20H16ClFN2O3/c21-18-11-16(7-10-19(18)22)23-12-15-3-1-2-4-20(15)27-13-14-5-8-17(9-6-14)24(25)26/h1-11,23H,12-13H2. The monoisotopic (exact) mass is 386 g/mol. The first-order chi connectivity index (χ1) is 13.0. The molecule has 0 aliphatic carbocycles. The van der Waals surface area contributed by atoms with E-state index in [-0.39, 0.29) is 17.3 Å². The highest BCUT2D eigenvalue weighted by Crippen LogP contribution is 2.23. The van der Waals surface area contributed by atoms with E-state index < -0.39 is 10.7 Å². The quantitative estimate of drug-likeness (QED) is 0.425. The van der Waals surface area contributed by atoms with Crippen LogP contribution in [0.15, 0.2) is 66.7 Å². The zero-order valence-electron chi connectivity index (χ0n) is 14.2. The van der Waals surface area contributed by atoms with E-state index in [2.05, 4.69) is 5.32 Å². The molecular weight excluding hydrogens is 371 g/mol. The fraction of sp³-hybridized carbons (Fsp3) is 0.100. The van der Waals surface area contributed by atoms with E-state index in [1.807, 2.05) is 24.3 Å². The van der Waals surface area contributed by atoms with Gasteiger partial charge in [0.15, 0.2) is 0 Å². The summed E-state index contributed by atoms with van der Waals surface area (Å²) in [5.41, 5.74) is 2.49. The Morgan fingerprint density at radius 1 is 1.07 bits per heavy atom. The van der Waals surface area contributed by atoms with E-state index in [0.29, 0.717) is 18.0 Å². The molecule has 3 rings (SSSR count). The third-order valence-corrected chi connectivity index (χ3v) is 4.21. The van der Waals surface area contributed by atoms with Gasteiger partial charge in [-0.15, -0.1) is 0 Å². The number of benzene rings is 3. The number of ether oxygens (including phenoxy) is 1. The topological polar surface area (TPSA) is 64.4 Å². The van der Waals surface area contributed by atoms with Gasteiger partial charge >= 0.3 is 0 Å². The summed E-state index contributed by atoms with van der Waals surface area (Å²) in [6, 6.07) is 18.2. The zero-order valence-corrected chi connectivity index (χ0v) is 14.9. The minimum atomic E-state index is -0.464. The number of hydrogen-bond acceptors (Lipinski definition) is 4. The second-order valence-corrected chi connectivity index (χ2v) is 6.21. The fourth-order valence-corrected chi connectivity index (χ4v) is 2.65. The van der Waals surface area contributed by atoms with Crippen molar-refractivity contribution in [1.29, 1.82) is 0 Å². The van der Waals surface area contributed by atoms with Gasteiger partial charge in [0.25, 0.3) is 5.69 Å². The molecule has 3 aromatic rings. The van der Waals surface area contributed by atoms with Crippen molar-refractivity contribution in [3.05, 3.63) is 98.8 Å². The fourth-order valence-electron chi connectivity index (χ4n) is 2.47. The van der Waals surface area contributed by atoms with Crippen molar-refractivity contribution in [2.45, 2.75) is 13.2 Å². The highest BCUT2D eigenvalue weighted by atomic mass is 35.5. The number of para-hydroxylation sites is 1. The van der Waals surface area contributed by atoms with Gasteiger partial charge < -0.3 is 10.1 Å². The van der Waals surface area contributed by atoms with Gasteiger partial charge in [0, 0.05) is 29.9 Å².